The summed E-state index contributed by atoms with van der Waals surface area (Å²) in [4.78, 5) is 11.9. The molecule has 0 spiro atoms. The Kier molecular flexibility index (Phi) is 3.83. The van der Waals surface area contributed by atoms with Crippen LogP contribution in [0.25, 0.3) is 0 Å². The number of primary sulfonamides is 1. The molecule has 0 saturated carbocycles. The quantitative estimate of drug-likeness (QED) is 0.790. The van der Waals surface area contributed by atoms with Gasteiger partial charge < -0.3 is 5.32 Å². The number of carbonyl (C=O) groups is 1. The summed E-state index contributed by atoms with van der Waals surface area (Å²) in [5.74, 6) is -0.125. The van der Waals surface area contributed by atoms with Gasteiger partial charge in [0.05, 0.1) is 6.42 Å². The molecule has 0 bridgehead atoms. The molecule has 0 aliphatic carbocycles. The molecule has 0 aromatic carbocycles. The van der Waals surface area contributed by atoms with Crippen LogP contribution in [0.3, 0.4) is 0 Å². The molecular weight excluding hydrogens is 236 g/mol. The fourth-order valence-electron chi connectivity index (χ4n) is 1.02. The maximum atomic E-state index is 11.2. The molecule has 1 amide bonds. The number of amides is 1. The van der Waals surface area contributed by atoms with Crippen molar-refractivity contribution in [2.75, 3.05) is 6.54 Å². The molecular formula is C8H12N2O3S2. The Labute approximate surface area is 92.3 Å². The van der Waals surface area contributed by atoms with Gasteiger partial charge in [-0.15, -0.1) is 11.3 Å². The molecule has 0 radical (unpaired) electrons. The summed E-state index contributed by atoms with van der Waals surface area (Å²) in [7, 11) is -3.64. The van der Waals surface area contributed by atoms with Gasteiger partial charge in [-0.3, -0.25) is 4.79 Å². The van der Waals surface area contributed by atoms with E-state index >= 15 is 0 Å². The van der Waals surface area contributed by atoms with E-state index in [0.29, 0.717) is 11.4 Å². The number of nitrogens with two attached hydrogens (primary N) is 1. The maximum absolute atomic E-state index is 11.2. The van der Waals surface area contributed by atoms with E-state index in [-0.39, 0.29) is 16.5 Å². The number of nitrogens with one attached hydrogen (secondary N) is 1. The van der Waals surface area contributed by atoms with Crippen LogP contribution in [0.5, 0.6) is 0 Å². The van der Waals surface area contributed by atoms with Crippen molar-refractivity contribution in [3.05, 3.63) is 17.0 Å². The highest BCUT2D eigenvalue weighted by Gasteiger charge is 2.12. The van der Waals surface area contributed by atoms with Gasteiger partial charge in [0.25, 0.3) is 0 Å². The first kappa shape index (κ1) is 12.2. The standard InChI is InChI=1S/C8H12N2O3S2/c1-2-10-7(11)5-6-3-4-8(14-6)15(9,12)13/h3-4H,2,5H2,1H3,(H,10,11)(H2,9,12,13). The monoisotopic (exact) mass is 248 g/mol. The lowest BCUT2D eigenvalue weighted by molar-refractivity contribution is -0.120. The Bertz CT molecular complexity index is 450. The first-order valence-corrected chi connectivity index (χ1v) is 6.68. The topological polar surface area (TPSA) is 89.3 Å². The van der Waals surface area contributed by atoms with E-state index in [0.717, 1.165) is 11.3 Å². The highest BCUT2D eigenvalue weighted by atomic mass is 32.2. The van der Waals surface area contributed by atoms with Crippen molar-refractivity contribution in [3.8, 4) is 0 Å². The molecule has 5 nitrogen and oxygen atoms in total. The highest BCUT2D eigenvalue weighted by molar-refractivity contribution is 7.91. The summed E-state index contributed by atoms with van der Waals surface area (Å²) in [6, 6.07) is 3.01. The second-order valence-electron chi connectivity index (χ2n) is 2.90. The fraction of sp³-hybridized carbons (Fsp3) is 0.375. The molecule has 1 heterocycles. The molecule has 0 aliphatic rings. The molecule has 7 heteroatoms. The molecule has 1 rings (SSSR count). The summed E-state index contributed by atoms with van der Waals surface area (Å²) >= 11 is 1.02. The predicted molar refractivity (Wildman–Crippen MR) is 58.1 cm³/mol. The summed E-state index contributed by atoms with van der Waals surface area (Å²) < 4.78 is 22.0. The average molecular weight is 248 g/mol. The zero-order valence-electron chi connectivity index (χ0n) is 8.19. The average Bonchev–Trinajstić information content (AvgIpc) is 2.52. The third-order valence-electron chi connectivity index (χ3n) is 1.63. The van der Waals surface area contributed by atoms with Gasteiger partial charge in [-0.1, -0.05) is 0 Å². The van der Waals surface area contributed by atoms with Gasteiger partial charge in [0.1, 0.15) is 4.21 Å². The molecule has 1 aromatic heterocycles. The van der Waals surface area contributed by atoms with Gasteiger partial charge in [0, 0.05) is 11.4 Å². The van der Waals surface area contributed by atoms with Crippen LogP contribution >= 0.6 is 11.3 Å². The first-order chi connectivity index (χ1) is 6.93. The summed E-state index contributed by atoms with van der Waals surface area (Å²) in [6.45, 7) is 2.38. The minimum absolute atomic E-state index is 0.0850. The second-order valence-corrected chi connectivity index (χ2v) is 5.85. The molecule has 0 aliphatic heterocycles. The van der Waals surface area contributed by atoms with Crippen molar-refractivity contribution in [2.24, 2.45) is 5.14 Å². The van der Waals surface area contributed by atoms with Crippen LogP contribution < -0.4 is 10.5 Å². The number of sulfonamides is 1. The van der Waals surface area contributed by atoms with E-state index in [9.17, 15) is 13.2 Å². The van der Waals surface area contributed by atoms with Crippen molar-refractivity contribution >= 4 is 27.3 Å². The van der Waals surface area contributed by atoms with E-state index in [1.807, 2.05) is 6.92 Å². The summed E-state index contributed by atoms with van der Waals surface area (Å²) in [5.41, 5.74) is 0. The van der Waals surface area contributed by atoms with Gasteiger partial charge in [-0.25, -0.2) is 13.6 Å². The molecule has 15 heavy (non-hydrogen) atoms. The van der Waals surface area contributed by atoms with Crippen molar-refractivity contribution in [2.45, 2.75) is 17.6 Å². The van der Waals surface area contributed by atoms with E-state index in [2.05, 4.69) is 5.32 Å². The Hall–Kier alpha value is -0.920. The Morgan fingerprint density at radius 3 is 2.67 bits per heavy atom. The van der Waals surface area contributed by atoms with Gasteiger partial charge in [0.2, 0.25) is 15.9 Å². The number of hydrogen-bond acceptors (Lipinski definition) is 4. The normalized spacial score (nSPS) is 11.3. The summed E-state index contributed by atoms with van der Waals surface area (Å²) in [6.07, 6.45) is 0.189. The number of thiophene rings is 1. The Morgan fingerprint density at radius 2 is 2.20 bits per heavy atom. The van der Waals surface area contributed by atoms with Crippen LogP contribution in [0.2, 0.25) is 0 Å². The SMILES string of the molecule is CCNC(=O)Cc1ccc(S(N)(=O)=O)s1. The minimum Gasteiger partial charge on any atom is -0.356 e. The van der Waals surface area contributed by atoms with Gasteiger partial charge in [-0.2, -0.15) is 0 Å². The van der Waals surface area contributed by atoms with Crippen LogP contribution in [0.15, 0.2) is 16.3 Å². The molecule has 1 aromatic rings. The zero-order chi connectivity index (χ0) is 11.5. The lowest BCUT2D eigenvalue weighted by atomic mass is 10.3. The van der Waals surface area contributed by atoms with Crippen molar-refractivity contribution in [1.82, 2.24) is 5.32 Å². The van der Waals surface area contributed by atoms with Gasteiger partial charge in [-0.05, 0) is 19.1 Å². The van der Waals surface area contributed by atoms with Crippen LogP contribution in [0, 0.1) is 0 Å². The number of carbonyl (C=O) groups excluding carboxylic acids is 1. The summed E-state index contributed by atoms with van der Waals surface area (Å²) in [5, 5.41) is 7.57. The Morgan fingerprint density at radius 1 is 1.53 bits per heavy atom. The van der Waals surface area contributed by atoms with Gasteiger partial charge >= 0.3 is 0 Å². The number of hydrogen-bond donors (Lipinski definition) is 2. The van der Waals surface area contributed by atoms with Crippen molar-refractivity contribution in [3.63, 3.8) is 0 Å². The molecule has 0 unspecified atom stereocenters. The molecule has 0 atom stereocenters. The van der Waals surface area contributed by atoms with Crippen molar-refractivity contribution in [1.29, 1.82) is 0 Å². The largest absolute Gasteiger partial charge is 0.356 e. The molecule has 84 valence electrons. The highest BCUT2D eigenvalue weighted by Crippen LogP contribution is 2.20. The molecule has 3 N–H and O–H groups in total. The third-order valence-corrected chi connectivity index (χ3v) is 4.15. The predicted octanol–water partition coefficient (Wildman–Crippen LogP) is 0.0741. The van der Waals surface area contributed by atoms with Crippen LogP contribution in [-0.2, 0) is 21.2 Å². The van der Waals surface area contributed by atoms with Crippen LogP contribution in [0.4, 0.5) is 0 Å². The molecule has 0 saturated heterocycles. The molecule has 0 fully saturated rings. The van der Waals surface area contributed by atoms with Crippen LogP contribution in [0.1, 0.15) is 11.8 Å². The maximum Gasteiger partial charge on any atom is 0.247 e. The van der Waals surface area contributed by atoms with E-state index < -0.39 is 10.0 Å². The number of rotatable bonds is 4. The first-order valence-electron chi connectivity index (χ1n) is 4.31. The minimum atomic E-state index is -3.64. The Balaban J connectivity index is 2.73. The fourth-order valence-corrected chi connectivity index (χ4v) is 2.80. The van der Waals surface area contributed by atoms with E-state index in [4.69, 9.17) is 5.14 Å². The van der Waals surface area contributed by atoms with Crippen LogP contribution in [-0.4, -0.2) is 20.9 Å². The third kappa shape index (κ3) is 3.61. The van der Waals surface area contributed by atoms with Gasteiger partial charge in [0.15, 0.2) is 0 Å². The smallest absolute Gasteiger partial charge is 0.247 e. The lowest BCUT2D eigenvalue weighted by Crippen LogP contribution is -2.23. The second kappa shape index (κ2) is 4.73. The van der Waals surface area contributed by atoms with E-state index in [1.54, 1.807) is 6.07 Å². The number of likely N-dealkylation sites (N-methyl/N-ethyl adjacent to an activating group) is 1. The van der Waals surface area contributed by atoms with Crippen molar-refractivity contribution < 1.29 is 13.2 Å². The lowest BCUT2D eigenvalue weighted by Gasteiger charge is -1.98. The van der Waals surface area contributed by atoms with E-state index in [1.165, 1.54) is 6.07 Å². The zero-order valence-corrected chi connectivity index (χ0v) is 9.82.